The first-order chi connectivity index (χ1) is 40.1. The summed E-state index contributed by atoms with van der Waals surface area (Å²) in [4.78, 5) is 11.2. The van der Waals surface area contributed by atoms with Crippen LogP contribution in [0, 0.1) is 0 Å². The van der Waals surface area contributed by atoms with Gasteiger partial charge in [-0.3, -0.25) is 4.57 Å². The normalized spacial score (nSPS) is 12.2. The number of nitrogens with zero attached hydrogens (tertiary/aromatic N) is 4. The molecule has 18 aromatic rings. The van der Waals surface area contributed by atoms with Crippen LogP contribution in [0.25, 0.3) is 174 Å². The van der Waals surface area contributed by atoms with Gasteiger partial charge in [-0.15, -0.1) is 11.3 Å². The van der Waals surface area contributed by atoms with Crippen LogP contribution in [0.1, 0.15) is 0 Å². The summed E-state index contributed by atoms with van der Waals surface area (Å²) in [6, 6.07) is 98.2. The summed E-state index contributed by atoms with van der Waals surface area (Å²) in [6.07, 6.45) is 0. The fourth-order valence-corrected chi connectivity index (χ4v) is 14.7. The van der Waals surface area contributed by atoms with Gasteiger partial charge >= 0.3 is 0 Å². The van der Waals surface area contributed by atoms with Crippen LogP contribution in [0.3, 0.4) is 0 Å². The molecule has 0 aliphatic rings. The van der Waals surface area contributed by atoms with Crippen molar-refractivity contribution in [2.75, 3.05) is 0 Å². The number of thiophene rings is 1. The van der Waals surface area contributed by atoms with Crippen molar-refractivity contribution in [1.29, 1.82) is 0 Å². The molecule has 0 aliphatic heterocycles. The van der Waals surface area contributed by atoms with Gasteiger partial charge in [-0.1, -0.05) is 188 Å². The third-order valence-corrected chi connectivity index (χ3v) is 18.4. The average molecular weight is 1050 g/mol. The molecule has 0 bridgehead atoms. The van der Waals surface area contributed by atoms with Gasteiger partial charge in [0.05, 0.1) is 33.5 Å². The van der Waals surface area contributed by atoms with Crippen molar-refractivity contribution in [2.24, 2.45) is 0 Å². The van der Waals surface area contributed by atoms with E-state index in [0.717, 1.165) is 55.4 Å². The van der Waals surface area contributed by atoms with Gasteiger partial charge in [-0.2, -0.15) is 0 Å². The van der Waals surface area contributed by atoms with Crippen molar-refractivity contribution in [2.45, 2.75) is 0 Å². The molecule has 4 heterocycles. The SMILES string of the molecule is c1ccc2c(c1)sc1ccc(-n3c4ccccc4c4cc(-c5ccc6c(c5)c5ccccc5n6-c5nc(-c6ccc7c8ccccc8c8ccccc8c7c6)cc(-c6ccc7c8ccccc8c8ccccc8c7c6)n5)ccc43)cc12. The van der Waals surface area contributed by atoms with Gasteiger partial charge in [0.25, 0.3) is 0 Å². The molecule has 14 aromatic carbocycles. The maximum Gasteiger partial charge on any atom is 0.235 e. The molecule has 4 nitrogen and oxygen atoms in total. The maximum atomic E-state index is 5.62. The van der Waals surface area contributed by atoms with E-state index in [1.807, 2.05) is 11.3 Å². The smallest absolute Gasteiger partial charge is 0.235 e. The number of rotatable bonds is 5. The van der Waals surface area contributed by atoms with E-state index in [-0.39, 0.29) is 0 Å². The predicted octanol–water partition coefficient (Wildman–Crippen LogP) is 21.0. The predicted molar refractivity (Wildman–Crippen MR) is 345 cm³/mol. The molecular weight excluding hydrogens is 1000 g/mol. The Morgan fingerprint density at radius 3 is 1.09 bits per heavy atom. The van der Waals surface area contributed by atoms with Gasteiger partial charge in [-0.05, 0) is 155 Å². The van der Waals surface area contributed by atoms with Crippen molar-refractivity contribution in [3.63, 3.8) is 0 Å². The fraction of sp³-hybridized carbons (Fsp3) is 0. The summed E-state index contributed by atoms with van der Waals surface area (Å²) in [5.41, 5.74) is 11.7. The zero-order valence-corrected chi connectivity index (χ0v) is 44.4. The van der Waals surface area contributed by atoms with Crippen molar-refractivity contribution in [3.8, 4) is 45.3 Å². The number of aromatic nitrogens is 4. The lowest BCUT2D eigenvalue weighted by Gasteiger charge is -2.15. The molecule has 0 saturated heterocycles. The Morgan fingerprint density at radius 1 is 0.222 bits per heavy atom. The Balaban J connectivity index is 0.834. The number of para-hydroxylation sites is 2. The maximum absolute atomic E-state index is 5.62. The summed E-state index contributed by atoms with van der Waals surface area (Å²) >= 11 is 1.86. The lowest BCUT2D eigenvalue weighted by Crippen LogP contribution is -2.04. The average Bonchev–Trinajstić information content (AvgIpc) is 4.28. The summed E-state index contributed by atoms with van der Waals surface area (Å²) in [6.45, 7) is 0. The largest absolute Gasteiger partial charge is 0.309 e. The lowest BCUT2D eigenvalue weighted by molar-refractivity contribution is 0.996. The molecule has 18 rings (SSSR count). The van der Waals surface area contributed by atoms with Gasteiger partial charge in [-0.25, -0.2) is 9.97 Å². The molecular formula is C76H44N4S. The standard InChI is InChI=1S/C76H44N4S/c1-3-19-54-50(15-1)52-17-5-7-21-56(52)63-41-47(29-34-58(54)63)68-44-69(48-30-35-59-55-20-4-2-16-51(55)53-18-6-8-22-57(53)64(59)42-48)78-76(77-68)80-71-27-13-10-24-61(71)66-40-46(32-37-73(66)80)45-31-36-72-65(39-45)60-23-9-12-26-70(60)79(72)49-33-38-75-67(43-49)62-25-11-14-28-74(62)81-75/h1-44H. The molecule has 0 aliphatic carbocycles. The zero-order valence-electron chi connectivity index (χ0n) is 43.6. The third kappa shape index (κ3) is 6.58. The molecule has 4 aromatic heterocycles. The zero-order chi connectivity index (χ0) is 52.9. The van der Waals surface area contributed by atoms with Crippen LogP contribution in [-0.4, -0.2) is 19.1 Å². The van der Waals surface area contributed by atoms with E-state index >= 15 is 0 Å². The van der Waals surface area contributed by atoms with Crippen LogP contribution in [0.5, 0.6) is 0 Å². The van der Waals surface area contributed by atoms with Crippen LogP contribution < -0.4 is 0 Å². The van der Waals surface area contributed by atoms with Crippen molar-refractivity contribution in [1.82, 2.24) is 19.1 Å². The topological polar surface area (TPSA) is 35.6 Å². The first-order valence-corrected chi connectivity index (χ1v) is 28.5. The molecule has 81 heavy (non-hydrogen) atoms. The Morgan fingerprint density at radius 2 is 0.580 bits per heavy atom. The third-order valence-electron chi connectivity index (χ3n) is 17.3. The number of hydrogen-bond donors (Lipinski definition) is 0. The fourth-order valence-electron chi connectivity index (χ4n) is 13.6. The highest BCUT2D eigenvalue weighted by Crippen LogP contribution is 2.43. The minimum Gasteiger partial charge on any atom is -0.309 e. The molecule has 0 atom stereocenters. The van der Waals surface area contributed by atoms with Crippen LogP contribution >= 0.6 is 11.3 Å². The van der Waals surface area contributed by atoms with Gasteiger partial charge < -0.3 is 4.57 Å². The second-order valence-corrected chi connectivity index (χ2v) is 22.7. The second kappa shape index (κ2) is 17.0. The van der Waals surface area contributed by atoms with E-state index in [1.165, 1.54) is 112 Å². The highest BCUT2D eigenvalue weighted by atomic mass is 32.1. The first-order valence-electron chi connectivity index (χ1n) is 27.7. The number of benzene rings is 14. The van der Waals surface area contributed by atoms with E-state index in [1.54, 1.807) is 0 Å². The molecule has 0 amide bonds. The van der Waals surface area contributed by atoms with Gasteiger partial charge in [0.2, 0.25) is 5.95 Å². The lowest BCUT2D eigenvalue weighted by atomic mass is 9.92. The molecule has 0 saturated carbocycles. The summed E-state index contributed by atoms with van der Waals surface area (Å²) in [7, 11) is 0. The van der Waals surface area contributed by atoms with Crippen molar-refractivity contribution >= 4 is 140 Å². The quantitative estimate of drug-likeness (QED) is 0.161. The second-order valence-electron chi connectivity index (χ2n) is 21.6. The molecule has 0 radical (unpaired) electrons. The van der Waals surface area contributed by atoms with Crippen LogP contribution in [0.2, 0.25) is 0 Å². The van der Waals surface area contributed by atoms with E-state index in [9.17, 15) is 0 Å². The van der Waals surface area contributed by atoms with Gasteiger partial charge in [0.15, 0.2) is 0 Å². The highest BCUT2D eigenvalue weighted by Gasteiger charge is 2.21. The van der Waals surface area contributed by atoms with Crippen LogP contribution in [-0.2, 0) is 0 Å². The van der Waals surface area contributed by atoms with Crippen LogP contribution in [0.4, 0.5) is 0 Å². The molecule has 374 valence electrons. The van der Waals surface area contributed by atoms with Gasteiger partial charge in [0, 0.05) is 58.5 Å². The molecule has 0 N–H and O–H groups in total. The van der Waals surface area contributed by atoms with Crippen molar-refractivity contribution < 1.29 is 0 Å². The molecule has 5 heteroatoms. The minimum absolute atomic E-state index is 0.622. The monoisotopic (exact) mass is 1040 g/mol. The molecule has 0 fully saturated rings. The number of fused-ring (bicyclic) bond motifs is 21. The summed E-state index contributed by atoms with van der Waals surface area (Å²) in [5, 5.41) is 22.2. The summed E-state index contributed by atoms with van der Waals surface area (Å²) in [5.74, 6) is 0.622. The Kier molecular flexibility index (Phi) is 9.35. The van der Waals surface area contributed by atoms with Crippen LogP contribution in [0.15, 0.2) is 267 Å². The highest BCUT2D eigenvalue weighted by molar-refractivity contribution is 7.25. The van der Waals surface area contributed by atoms with E-state index in [2.05, 4.69) is 276 Å². The van der Waals surface area contributed by atoms with Gasteiger partial charge in [0.1, 0.15) is 0 Å². The minimum atomic E-state index is 0.622. The Bertz CT molecular complexity index is 5490. The molecule has 0 unspecified atom stereocenters. The first kappa shape index (κ1) is 44.5. The van der Waals surface area contributed by atoms with E-state index in [4.69, 9.17) is 9.97 Å². The number of hydrogen-bond acceptors (Lipinski definition) is 3. The summed E-state index contributed by atoms with van der Waals surface area (Å²) < 4.78 is 7.33. The van der Waals surface area contributed by atoms with E-state index in [0.29, 0.717) is 5.95 Å². The van der Waals surface area contributed by atoms with Crippen molar-refractivity contribution in [3.05, 3.63) is 267 Å². The van der Waals surface area contributed by atoms with E-state index < -0.39 is 0 Å². The molecule has 0 spiro atoms. The Hall–Kier alpha value is -10.5. The Labute approximate surface area is 468 Å².